The largest absolute Gasteiger partial charge is 0.378 e. The van der Waals surface area contributed by atoms with E-state index in [-0.39, 0.29) is 6.10 Å². The van der Waals surface area contributed by atoms with E-state index in [9.17, 15) is 22.0 Å². The van der Waals surface area contributed by atoms with Crippen molar-refractivity contribution in [3.05, 3.63) is 29.1 Å². The minimum Gasteiger partial charge on any atom is -0.378 e. The third-order valence-electron chi connectivity index (χ3n) is 4.07. The molecule has 0 aliphatic heterocycles. The van der Waals surface area contributed by atoms with E-state index in [1.165, 1.54) is 0 Å². The first-order valence-electron chi connectivity index (χ1n) is 6.61. The third-order valence-corrected chi connectivity index (χ3v) is 4.07. The Morgan fingerprint density at radius 1 is 1.00 bits per heavy atom. The van der Waals surface area contributed by atoms with Crippen LogP contribution in [0, 0.1) is 34.5 Å². The van der Waals surface area contributed by atoms with Gasteiger partial charge in [0.15, 0.2) is 23.3 Å². The first kappa shape index (κ1) is 16.0. The van der Waals surface area contributed by atoms with Crippen molar-refractivity contribution in [3.8, 4) is 0 Å². The van der Waals surface area contributed by atoms with Gasteiger partial charge in [0.25, 0.3) is 0 Å². The fraction of sp³-hybridized carbons (Fsp3) is 0.571. The molecule has 2 atom stereocenters. The van der Waals surface area contributed by atoms with Gasteiger partial charge in [-0.05, 0) is 13.3 Å². The molecule has 0 bridgehead atoms. The van der Waals surface area contributed by atoms with Gasteiger partial charge in [0, 0.05) is 18.1 Å². The van der Waals surface area contributed by atoms with Crippen LogP contribution in [0.5, 0.6) is 0 Å². The number of halogens is 5. The Balaban J connectivity index is 2.26. The lowest BCUT2D eigenvalue weighted by atomic mass is 9.64. The van der Waals surface area contributed by atoms with Crippen molar-refractivity contribution >= 4 is 5.69 Å². The maximum absolute atomic E-state index is 13.6. The molecule has 0 radical (unpaired) electrons. The van der Waals surface area contributed by atoms with Crippen LogP contribution in [0.3, 0.4) is 0 Å². The molecule has 1 N–H and O–H groups in total. The zero-order valence-corrected chi connectivity index (χ0v) is 11.9. The molecular formula is C14H16F5NO. The molecule has 2 rings (SSSR count). The first-order valence-corrected chi connectivity index (χ1v) is 6.61. The Morgan fingerprint density at radius 2 is 1.48 bits per heavy atom. The number of rotatable bonds is 4. The SMILES string of the molecule is CCOC1CC(Nc2c(F)c(F)c(F)c(F)c2F)C1(C)C. The van der Waals surface area contributed by atoms with Crippen LogP contribution in [-0.4, -0.2) is 18.8 Å². The van der Waals surface area contributed by atoms with Crippen LogP contribution in [0.15, 0.2) is 0 Å². The highest BCUT2D eigenvalue weighted by Gasteiger charge is 2.49. The summed E-state index contributed by atoms with van der Waals surface area (Å²) in [5, 5.41) is 2.43. The summed E-state index contributed by atoms with van der Waals surface area (Å²) < 4.78 is 71.9. The zero-order valence-electron chi connectivity index (χ0n) is 11.9. The van der Waals surface area contributed by atoms with Gasteiger partial charge in [-0.25, -0.2) is 22.0 Å². The van der Waals surface area contributed by atoms with E-state index in [2.05, 4.69) is 5.32 Å². The van der Waals surface area contributed by atoms with Crippen molar-refractivity contribution in [2.24, 2.45) is 5.41 Å². The molecule has 0 aromatic heterocycles. The summed E-state index contributed by atoms with van der Waals surface area (Å²) in [6.45, 7) is 5.92. The predicted octanol–water partition coefficient (Wildman–Crippen LogP) is 4.00. The summed E-state index contributed by atoms with van der Waals surface area (Å²) in [5.41, 5.74) is -1.46. The maximum atomic E-state index is 13.6. The minimum absolute atomic E-state index is 0.124. The molecule has 1 aromatic rings. The van der Waals surface area contributed by atoms with Gasteiger partial charge in [-0.2, -0.15) is 0 Å². The topological polar surface area (TPSA) is 21.3 Å². The van der Waals surface area contributed by atoms with Crippen LogP contribution in [0.25, 0.3) is 0 Å². The van der Waals surface area contributed by atoms with Crippen LogP contribution < -0.4 is 5.32 Å². The van der Waals surface area contributed by atoms with E-state index in [1.54, 1.807) is 13.8 Å². The standard InChI is InChI=1S/C14H16F5NO/c1-4-21-7-5-6(14(7,2)3)20-13-11(18)9(16)8(15)10(17)12(13)19/h6-7,20H,4-5H2,1-3H3. The van der Waals surface area contributed by atoms with E-state index >= 15 is 0 Å². The van der Waals surface area contributed by atoms with Crippen LogP contribution >= 0.6 is 0 Å². The van der Waals surface area contributed by atoms with Crippen LogP contribution in [0.4, 0.5) is 27.6 Å². The molecule has 2 unspecified atom stereocenters. The van der Waals surface area contributed by atoms with Gasteiger partial charge in [0.05, 0.1) is 6.10 Å². The molecule has 21 heavy (non-hydrogen) atoms. The number of ether oxygens (including phenoxy) is 1. The van der Waals surface area contributed by atoms with Crippen LogP contribution in [-0.2, 0) is 4.74 Å². The number of nitrogens with one attached hydrogen (secondary N) is 1. The lowest BCUT2D eigenvalue weighted by Gasteiger charge is -2.52. The van der Waals surface area contributed by atoms with Crippen molar-refractivity contribution in [2.45, 2.75) is 39.3 Å². The fourth-order valence-electron chi connectivity index (χ4n) is 2.52. The second kappa shape index (κ2) is 5.44. The predicted molar refractivity (Wildman–Crippen MR) is 67.5 cm³/mol. The molecule has 0 spiro atoms. The summed E-state index contributed by atoms with van der Waals surface area (Å²) in [7, 11) is 0. The minimum atomic E-state index is -2.16. The van der Waals surface area contributed by atoms with Crippen molar-refractivity contribution < 1.29 is 26.7 Å². The van der Waals surface area contributed by atoms with Crippen LogP contribution in [0.1, 0.15) is 27.2 Å². The third kappa shape index (κ3) is 2.47. The molecule has 1 fully saturated rings. The van der Waals surface area contributed by atoms with Gasteiger partial charge < -0.3 is 10.1 Å². The summed E-state index contributed by atoms with van der Waals surface area (Å²) in [6.07, 6.45) is 0.307. The average Bonchev–Trinajstić information content (AvgIpc) is 2.45. The second-order valence-corrected chi connectivity index (χ2v) is 5.64. The fourth-order valence-corrected chi connectivity index (χ4v) is 2.52. The smallest absolute Gasteiger partial charge is 0.200 e. The van der Waals surface area contributed by atoms with Gasteiger partial charge in [-0.3, -0.25) is 0 Å². The van der Waals surface area contributed by atoms with Gasteiger partial charge in [0.1, 0.15) is 5.69 Å². The highest BCUT2D eigenvalue weighted by molar-refractivity contribution is 5.49. The number of hydrogen-bond acceptors (Lipinski definition) is 2. The quantitative estimate of drug-likeness (QED) is 0.516. The highest BCUT2D eigenvalue weighted by Crippen LogP contribution is 2.45. The lowest BCUT2D eigenvalue weighted by molar-refractivity contribution is -0.0977. The average molecular weight is 309 g/mol. The Labute approximate surface area is 119 Å². The van der Waals surface area contributed by atoms with E-state index in [1.807, 2.05) is 6.92 Å². The summed E-state index contributed by atoms with van der Waals surface area (Å²) >= 11 is 0. The van der Waals surface area contributed by atoms with E-state index in [4.69, 9.17) is 4.74 Å². The molecule has 7 heteroatoms. The van der Waals surface area contributed by atoms with Crippen molar-refractivity contribution in [3.63, 3.8) is 0 Å². The molecule has 2 nitrogen and oxygen atoms in total. The zero-order chi connectivity index (χ0) is 15.9. The molecule has 1 aliphatic carbocycles. The van der Waals surface area contributed by atoms with Gasteiger partial charge in [-0.15, -0.1) is 0 Å². The van der Waals surface area contributed by atoms with Crippen molar-refractivity contribution in [1.82, 2.24) is 0 Å². The van der Waals surface area contributed by atoms with Crippen molar-refractivity contribution in [1.29, 1.82) is 0 Å². The normalized spacial score (nSPS) is 23.8. The van der Waals surface area contributed by atoms with E-state index < -0.39 is 46.2 Å². The Bertz CT molecular complexity index is 532. The second-order valence-electron chi connectivity index (χ2n) is 5.64. The molecule has 118 valence electrons. The summed E-state index contributed by atoms with van der Waals surface area (Å²) in [5.74, 6) is -9.75. The number of benzene rings is 1. The Hall–Kier alpha value is -1.37. The van der Waals surface area contributed by atoms with Gasteiger partial charge in [-0.1, -0.05) is 13.8 Å². The lowest BCUT2D eigenvalue weighted by Crippen LogP contribution is -2.58. The molecular weight excluding hydrogens is 293 g/mol. The monoisotopic (exact) mass is 309 g/mol. The summed E-state index contributed by atoms with van der Waals surface area (Å²) in [6, 6.07) is -0.442. The molecule has 1 aromatic carbocycles. The summed E-state index contributed by atoms with van der Waals surface area (Å²) in [4.78, 5) is 0. The van der Waals surface area contributed by atoms with Gasteiger partial charge in [0.2, 0.25) is 5.82 Å². The van der Waals surface area contributed by atoms with E-state index in [0.29, 0.717) is 13.0 Å². The Kier molecular flexibility index (Phi) is 4.15. The van der Waals surface area contributed by atoms with Gasteiger partial charge >= 0.3 is 0 Å². The maximum Gasteiger partial charge on any atom is 0.200 e. The number of hydrogen-bond donors (Lipinski definition) is 1. The van der Waals surface area contributed by atoms with Crippen molar-refractivity contribution in [2.75, 3.05) is 11.9 Å². The molecule has 1 aliphatic rings. The molecule has 0 amide bonds. The van der Waals surface area contributed by atoms with E-state index in [0.717, 1.165) is 0 Å². The molecule has 1 saturated carbocycles. The number of anilines is 1. The van der Waals surface area contributed by atoms with Crippen LogP contribution in [0.2, 0.25) is 0 Å². The first-order chi connectivity index (χ1) is 9.71. The molecule has 0 heterocycles. The molecule has 0 saturated heterocycles. The Morgan fingerprint density at radius 3 is 1.90 bits per heavy atom. The highest BCUT2D eigenvalue weighted by atomic mass is 19.2.